The molecule has 2 aliphatic rings. The molecule has 138 valence electrons. The van der Waals surface area contributed by atoms with Gasteiger partial charge in [0.1, 0.15) is 0 Å². The summed E-state index contributed by atoms with van der Waals surface area (Å²) in [7, 11) is -1.69. The number of ether oxygens (including phenoxy) is 1. The van der Waals surface area contributed by atoms with Crippen LogP contribution in [0.2, 0.25) is 0 Å². The highest BCUT2D eigenvalue weighted by molar-refractivity contribution is 7.91. The third-order valence-electron chi connectivity index (χ3n) is 4.80. The molecule has 0 N–H and O–H groups in total. The zero-order valence-corrected chi connectivity index (χ0v) is 14.6. The molecule has 0 aliphatic carbocycles. The molecule has 1 amide bonds. The molecule has 6 nitrogen and oxygen atoms in total. The SMILES string of the molecule is COCCN1CCN(C(=O)c2ccc(F)c(F)c2)C2CS(=O)(=O)CC21. The van der Waals surface area contributed by atoms with Gasteiger partial charge in [0.05, 0.1) is 24.2 Å². The van der Waals surface area contributed by atoms with E-state index in [-0.39, 0.29) is 23.1 Å². The maximum atomic E-state index is 13.4. The first-order valence-electron chi connectivity index (χ1n) is 8.02. The van der Waals surface area contributed by atoms with Crippen molar-refractivity contribution >= 4 is 15.7 Å². The number of nitrogens with zero attached hydrogens (tertiary/aromatic N) is 2. The molecule has 1 aromatic carbocycles. The number of hydrogen-bond acceptors (Lipinski definition) is 5. The fourth-order valence-electron chi connectivity index (χ4n) is 3.56. The number of carbonyl (C=O) groups is 1. The van der Waals surface area contributed by atoms with E-state index in [1.807, 2.05) is 4.90 Å². The highest BCUT2D eigenvalue weighted by Gasteiger charge is 2.47. The molecular weight excluding hydrogens is 354 g/mol. The molecule has 9 heteroatoms. The van der Waals surface area contributed by atoms with Crippen molar-refractivity contribution in [2.24, 2.45) is 0 Å². The molecule has 3 rings (SSSR count). The molecule has 0 bridgehead atoms. The van der Waals surface area contributed by atoms with Crippen LogP contribution in [0.1, 0.15) is 10.4 Å². The molecule has 2 heterocycles. The number of sulfone groups is 1. The molecule has 1 aromatic rings. The maximum Gasteiger partial charge on any atom is 0.254 e. The van der Waals surface area contributed by atoms with Gasteiger partial charge in [0.15, 0.2) is 21.5 Å². The van der Waals surface area contributed by atoms with Crippen LogP contribution in [-0.2, 0) is 14.6 Å². The van der Waals surface area contributed by atoms with Crippen LogP contribution < -0.4 is 0 Å². The Morgan fingerprint density at radius 2 is 1.92 bits per heavy atom. The zero-order valence-electron chi connectivity index (χ0n) is 13.8. The lowest BCUT2D eigenvalue weighted by Crippen LogP contribution is -2.61. The van der Waals surface area contributed by atoms with E-state index in [4.69, 9.17) is 4.74 Å². The Morgan fingerprint density at radius 1 is 1.20 bits per heavy atom. The molecule has 2 atom stereocenters. The molecular formula is C16H20F2N2O4S. The average Bonchev–Trinajstić information content (AvgIpc) is 2.89. The summed E-state index contributed by atoms with van der Waals surface area (Å²) in [4.78, 5) is 16.2. The second-order valence-corrected chi connectivity index (χ2v) is 8.52. The molecule has 2 unspecified atom stereocenters. The maximum absolute atomic E-state index is 13.4. The number of fused-ring (bicyclic) bond motifs is 1. The number of carbonyl (C=O) groups excluding carboxylic acids is 1. The standard InChI is InChI=1S/C16H20F2N2O4S/c1-24-7-6-19-4-5-20(15-10-25(22,23)9-14(15)19)16(21)11-2-3-12(17)13(18)8-11/h2-3,8,14-15H,4-7,9-10H2,1H3. The van der Waals surface area contributed by atoms with E-state index in [9.17, 15) is 22.0 Å². The number of piperazine rings is 1. The van der Waals surface area contributed by atoms with Crippen LogP contribution in [0.3, 0.4) is 0 Å². The Balaban J connectivity index is 1.85. The summed E-state index contributed by atoms with van der Waals surface area (Å²) in [6.45, 7) is 1.90. The van der Waals surface area contributed by atoms with Crippen molar-refractivity contribution in [3.05, 3.63) is 35.4 Å². The van der Waals surface area contributed by atoms with Gasteiger partial charge in [-0.05, 0) is 18.2 Å². The molecule has 0 saturated carbocycles. The van der Waals surface area contributed by atoms with Crippen LogP contribution >= 0.6 is 0 Å². The zero-order chi connectivity index (χ0) is 18.2. The number of benzene rings is 1. The van der Waals surface area contributed by atoms with Crippen LogP contribution in [0.25, 0.3) is 0 Å². The van der Waals surface area contributed by atoms with Crippen molar-refractivity contribution in [2.75, 3.05) is 44.9 Å². The molecule has 2 aliphatic heterocycles. The van der Waals surface area contributed by atoms with Gasteiger partial charge in [0, 0.05) is 38.3 Å². The summed E-state index contributed by atoms with van der Waals surface area (Å²) in [6.07, 6.45) is 0. The van der Waals surface area contributed by atoms with E-state index in [2.05, 4.69) is 0 Å². The van der Waals surface area contributed by atoms with Crippen LogP contribution in [0, 0.1) is 11.6 Å². The lowest BCUT2D eigenvalue weighted by molar-refractivity contribution is 0.0247. The minimum atomic E-state index is -3.26. The summed E-state index contributed by atoms with van der Waals surface area (Å²) in [5.41, 5.74) is 0.0206. The van der Waals surface area contributed by atoms with Gasteiger partial charge < -0.3 is 9.64 Å². The second-order valence-electron chi connectivity index (χ2n) is 6.37. The Labute approximate surface area is 145 Å². The third kappa shape index (κ3) is 3.68. The highest BCUT2D eigenvalue weighted by Crippen LogP contribution is 2.28. The summed E-state index contributed by atoms with van der Waals surface area (Å²) < 4.78 is 55.8. The van der Waals surface area contributed by atoms with Crippen LogP contribution in [0.15, 0.2) is 18.2 Å². The van der Waals surface area contributed by atoms with Crippen LogP contribution in [-0.4, -0.2) is 81.1 Å². The van der Waals surface area contributed by atoms with E-state index in [1.54, 1.807) is 7.11 Å². The largest absolute Gasteiger partial charge is 0.383 e. The predicted molar refractivity (Wildman–Crippen MR) is 87.1 cm³/mol. The monoisotopic (exact) mass is 374 g/mol. The average molecular weight is 374 g/mol. The van der Waals surface area contributed by atoms with Gasteiger partial charge in [0.25, 0.3) is 5.91 Å². The molecule has 2 fully saturated rings. The van der Waals surface area contributed by atoms with Crippen molar-refractivity contribution in [3.8, 4) is 0 Å². The predicted octanol–water partition coefficient (Wildman–Crippen LogP) is 0.535. The topological polar surface area (TPSA) is 66.9 Å². The first-order chi connectivity index (χ1) is 11.8. The Bertz CT molecular complexity index is 771. The lowest BCUT2D eigenvalue weighted by Gasteiger charge is -2.43. The van der Waals surface area contributed by atoms with E-state index in [1.165, 1.54) is 11.0 Å². The number of methoxy groups -OCH3 is 1. The highest BCUT2D eigenvalue weighted by atomic mass is 32.2. The van der Waals surface area contributed by atoms with Crippen LogP contribution in [0.4, 0.5) is 8.78 Å². The lowest BCUT2D eigenvalue weighted by atomic mass is 10.0. The summed E-state index contributed by atoms with van der Waals surface area (Å²) in [6, 6.07) is 2.18. The van der Waals surface area contributed by atoms with Gasteiger partial charge >= 0.3 is 0 Å². The molecule has 25 heavy (non-hydrogen) atoms. The smallest absolute Gasteiger partial charge is 0.254 e. The van der Waals surface area contributed by atoms with Gasteiger partial charge in [-0.3, -0.25) is 9.69 Å². The van der Waals surface area contributed by atoms with E-state index < -0.39 is 33.4 Å². The van der Waals surface area contributed by atoms with Gasteiger partial charge in [-0.1, -0.05) is 0 Å². The minimum absolute atomic E-state index is 0.0110. The first kappa shape index (κ1) is 18.2. The van der Waals surface area contributed by atoms with Crippen molar-refractivity contribution in [1.82, 2.24) is 9.80 Å². The van der Waals surface area contributed by atoms with E-state index in [0.717, 1.165) is 12.1 Å². The molecule has 2 saturated heterocycles. The Kier molecular flexibility index (Phi) is 5.08. The molecule has 0 spiro atoms. The summed E-state index contributed by atoms with van der Waals surface area (Å²) >= 11 is 0. The normalized spacial score (nSPS) is 25.8. The summed E-state index contributed by atoms with van der Waals surface area (Å²) in [5.74, 6) is -2.72. The van der Waals surface area contributed by atoms with Gasteiger partial charge in [-0.2, -0.15) is 0 Å². The Morgan fingerprint density at radius 3 is 2.60 bits per heavy atom. The van der Waals surface area contributed by atoms with Crippen molar-refractivity contribution < 1.29 is 26.7 Å². The van der Waals surface area contributed by atoms with Crippen molar-refractivity contribution in [1.29, 1.82) is 0 Å². The number of amides is 1. The molecule has 0 radical (unpaired) electrons. The minimum Gasteiger partial charge on any atom is -0.383 e. The van der Waals surface area contributed by atoms with Gasteiger partial charge in [0.2, 0.25) is 0 Å². The van der Waals surface area contributed by atoms with E-state index >= 15 is 0 Å². The molecule has 0 aromatic heterocycles. The summed E-state index contributed by atoms with van der Waals surface area (Å²) in [5, 5.41) is 0. The number of rotatable bonds is 4. The van der Waals surface area contributed by atoms with Gasteiger partial charge in [-0.15, -0.1) is 0 Å². The number of halogens is 2. The quantitative estimate of drug-likeness (QED) is 0.769. The van der Waals surface area contributed by atoms with Crippen LogP contribution in [0.5, 0.6) is 0 Å². The van der Waals surface area contributed by atoms with Crippen molar-refractivity contribution in [2.45, 2.75) is 12.1 Å². The number of hydrogen-bond donors (Lipinski definition) is 0. The fourth-order valence-corrected chi connectivity index (χ4v) is 5.57. The van der Waals surface area contributed by atoms with Crippen molar-refractivity contribution in [3.63, 3.8) is 0 Å². The fraction of sp³-hybridized carbons (Fsp3) is 0.562. The Hall–Kier alpha value is -1.58. The van der Waals surface area contributed by atoms with E-state index in [0.29, 0.717) is 26.2 Å². The van der Waals surface area contributed by atoms with Gasteiger partial charge in [-0.25, -0.2) is 17.2 Å². The first-order valence-corrected chi connectivity index (χ1v) is 9.84. The third-order valence-corrected chi connectivity index (χ3v) is 6.50. The second kappa shape index (κ2) is 6.97.